The number of aliphatic carboxylic acids is 1. The van der Waals surface area contributed by atoms with Crippen molar-refractivity contribution in [3.05, 3.63) is 24.0 Å². The summed E-state index contributed by atoms with van der Waals surface area (Å²) < 4.78 is 0. The molecule has 0 fully saturated rings. The molecule has 2 aliphatic heterocycles. The lowest BCUT2D eigenvalue weighted by Gasteiger charge is -1.92. The molecule has 0 unspecified atom stereocenters. The van der Waals surface area contributed by atoms with E-state index in [0.29, 0.717) is 22.8 Å². The number of carbonyl (C=O) groups is 1. The number of aliphatic imine (C=N–C) groups is 1. The zero-order valence-electron chi connectivity index (χ0n) is 7.38. The minimum absolute atomic E-state index is 0.122. The molecule has 1 aromatic rings. The topological polar surface area (TPSA) is 87.3 Å². The SMILES string of the molecule is O=C(O)C1=NN=C2C1=Nc1cccnc12. The number of nitrogens with zero attached hydrogens (tertiary/aromatic N) is 4. The van der Waals surface area contributed by atoms with Crippen molar-refractivity contribution in [3.8, 4) is 0 Å². The van der Waals surface area contributed by atoms with Crippen LogP contribution in [0.2, 0.25) is 0 Å². The van der Waals surface area contributed by atoms with E-state index in [-0.39, 0.29) is 5.71 Å². The van der Waals surface area contributed by atoms with Crippen LogP contribution in [0.1, 0.15) is 5.69 Å². The van der Waals surface area contributed by atoms with E-state index in [1.54, 1.807) is 18.3 Å². The number of carboxylic acids is 1. The number of aromatic nitrogens is 1. The van der Waals surface area contributed by atoms with Gasteiger partial charge in [-0.15, -0.1) is 10.2 Å². The Bertz CT molecular complexity index is 571. The van der Waals surface area contributed by atoms with Crippen molar-refractivity contribution in [1.29, 1.82) is 0 Å². The first-order valence-corrected chi connectivity index (χ1v) is 4.21. The first-order valence-electron chi connectivity index (χ1n) is 4.21. The van der Waals surface area contributed by atoms with Gasteiger partial charge in [-0.3, -0.25) is 4.98 Å². The summed E-state index contributed by atoms with van der Waals surface area (Å²) >= 11 is 0. The number of fused-ring (bicyclic) bond motifs is 3. The van der Waals surface area contributed by atoms with Crippen LogP contribution in [0.15, 0.2) is 33.5 Å². The second kappa shape index (κ2) is 2.57. The van der Waals surface area contributed by atoms with Gasteiger partial charge in [0.15, 0.2) is 5.71 Å². The molecule has 3 rings (SSSR count). The second-order valence-electron chi connectivity index (χ2n) is 3.03. The molecule has 1 N–H and O–H groups in total. The average molecular weight is 200 g/mol. The molecule has 0 atom stereocenters. The van der Waals surface area contributed by atoms with Crippen LogP contribution in [-0.2, 0) is 4.79 Å². The van der Waals surface area contributed by atoms with Crippen molar-refractivity contribution >= 4 is 28.8 Å². The number of carboxylic acid groups (broad SMARTS) is 1. The van der Waals surface area contributed by atoms with Gasteiger partial charge in [0.1, 0.15) is 17.1 Å². The molecular formula is C9H4N4O2. The molecule has 2 aliphatic rings. The third kappa shape index (κ3) is 0.954. The van der Waals surface area contributed by atoms with Gasteiger partial charge in [-0.25, -0.2) is 9.79 Å². The van der Waals surface area contributed by atoms with Gasteiger partial charge in [-0.1, -0.05) is 0 Å². The molecule has 0 bridgehead atoms. The lowest BCUT2D eigenvalue weighted by molar-refractivity contribution is -0.129. The van der Waals surface area contributed by atoms with Crippen molar-refractivity contribution in [2.45, 2.75) is 0 Å². The van der Waals surface area contributed by atoms with Crippen LogP contribution in [0, 0.1) is 0 Å². The standard InChI is InChI=1S/C9H4N4O2/c14-9(15)8-6-7(12-13-8)5-4(11-6)2-1-3-10-5/h1-3H,(H,14,15). The predicted molar refractivity (Wildman–Crippen MR) is 52.9 cm³/mol. The van der Waals surface area contributed by atoms with E-state index >= 15 is 0 Å². The maximum absolute atomic E-state index is 10.8. The van der Waals surface area contributed by atoms with Crippen molar-refractivity contribution in [3.63, 3.8) is 0 Å². The largest absolute Gasteiger partial charge is 0.476 e. The molecule has 6 nitrogen and oxygen atoms in total. The molecule has 1 aromatic heterocycles. The van der Waals surface area contributed by atoms with Crippen LogP contribution in [0.4, 0.5) is 5.69 Å². The molecule has 0 saturated carbocycles. The Morgan fingerprint density at radius 3 is 2.93 bits per heavy atom. The molecule has 15 heavy (non-hydrogen) atoms. The van der Waals surface area contributed by atoms with Crippen molar-refractivity contribution in [2.24, 2.45) is 15.2 Å². The van der Waals surface area contributed by atoms with E-state index in [4.69, 9.17) is 5.11 Å². The Hall–Kier alpha value is -2.37. The lowest BCUT2D eigenvalue weighted by atomic mass is 10.1. The highest BCUT2D eigenvalue weighted by Crippen LogP contribution is 2.27. The molecule has 72 valence electrons. The van der Waals surface area contributed by atoms with Crippen LogP contribution in [0.5, 0.6) is 0 Å². The summed E-state index contributed by atoms with van der Waals surface area (Å²) in [5, 5.41) is 16.2. The van der Waals surface area contributed by atoms with E-state index in [0.717, 1.165) is 0 Å². The van der Waals surface area contributed by atoms with Gasteiger partial charge in [-0.05, 0) is 12.1 Å². The fourth-order valence-electron chi connectivity index (χ4n) is 1.51. The summed E-state index contributed by atoms with van der Waals surface area (Å²) in [6.07, 6.45) is 1.61. The fourth-order valence-corrected chi connectivity index (χ4v) is 1.51. The number of hydrogen-bond acceptors (Lipinski definition) is 5. The Kier molecular flexibility index (Phi) is 1.37. The minimum atomic E-state index is -1.12. The molecule has 0 amide bonds. The fraction of sp³-hybridized carbons (Fsp3) is 0. The maximum Gasteiger partial charge on any atom is 0.358 e. The van der Waals surface area contributed by atoms with Crippen molar-refractivity contribution < 1.29 is 9.90 Å². The van der Waals surface area contributed by atoms with Crippen molar-refractivity contribution in [2.75, 3.05) is 0 Å². The Morgan fingerprint density at radius 1 is 1.27 bits per heavy atom. The van der Waals surface area contributed by atoms with E-state index in [1.807, 2.05) is 0 Å². The quantitative estimate of drug-likeness (QED) is 0.712. The Labute approximate surface area is 83.7 Å². The zero-order chi connectivity index (χ0) is 10.4. The van der Waals surface area contributed by atoms with Crippen LogP contribution in [0.3, 0.4) is 0 Å². The average Bonchev–Trinajstić information content (AvgIpc) is 2.74. The van der Waals surface area contributed by atoms with Crippen molar-refractivity contribution in [1.82, 2.24) is 4.98 Å². The first-order chi connectivity index (χ1) is 7.27. The zero-order valence-corrected chi connectivity index (χ0v) is 7.38. The summed E-state index contributed by atoms with van der Waals surface area (Å²) in [7, 11) is 0. The van der Waals surface area contributed by atoms with E-state index in [9.17, 15) is 4.79 Å². The predicted octanol–water partition coefficient (Wildman–Crippen LogP) is 0.411. The highest BCUT2D eigenvalue weighted by molar-refractivity contribution is 6.85. The molecule has 0 aromatic carbocycles. The van der Waals surface area contributed by atoms with E-state index in [1.165, 1.54) is 0 Å². The molecule has 0 radical (unpaired) electrons. The lowest BCUT2D eigenvalue weighted by Crippen LogP contribution is -2.25. The third-order valence-corrected chi connectivity index (χ3v) is 2.14. The highest BCUT2D eigenvalue weighted by atomic mass is 16.4. The van der Waals surface area contributed by atoms with Crippen LogP contribution in [0.25, 0.3) is 0 Å². The van der Waals surface area contributed by atoms with Gasteiger partial charge in [0.25, 0.3) is 0 Å². The molecule has 3 heterocycles. The van der Waals surface area contributed by atoms with Gasteiger partial charge >= 0.3 is 5.97 Å². The maximum atomic E-state index is 10.8. The summed E-state index contributed by atoms with van der Waals surface area (Å²) in [4.78, 5) is 19.0. The van der Waals surface area contributed by atoms with Crippen LogP contribution < -0.4 is 0 Å². The van der Waals surface area contributed by atoms with Gasteiger partial charge in [0.2, 0.25) is 0 Å². The smallest absolute Gasteiger partial charge is 0.358 e. The molecule has 0 aliphatic carbocycles. The Morgan fingerprint density at radius 2 is 2.13 bits per heavy atom. The minimum Gasteiger partial charge on any atom is -0.476 e. The van der Waals surface area contributed by atoms with E-state index < -0.39 is 5.97 Å². The summed E-state index contributed by atoms with van der Waals surface area (Å²) in [5.74, 6) is -1.12. The van der Waals surface area contributed by atoms with Crippen LogP contribution >= 0.6 is 0 Å². The molecule has 6 heteroatoms. The van der Waals surface area contributed by atoms with E-state index in [2.05, 4.69) is 20.2 Å². The Balaban J connectivity index is 2.16. The monoisotopic (exact) mass is 200 g/mol. The van der Waals surface area contributed by atoms with Gasteiger partial charge < -0.3 is 5.11 Å². The molecule has 0 saturated heterocycles. The number of rotatable bonds is 1. The van der Waals surface area contributed by atoms with Gasteiger partial charge in [0, 0.05) is 6.20 Å². The number of pyridine rings is 1. The first kappa shape index (κ1) is 7.98. The summed E-state index contributed by atoms with van der Waals surface area (Å²) in [6, 6.07) is 3.50. The summed E-state index contributed by atoms with van der Waals surface area (Å²) in [6.45, 7) is 0. The number of hydrogen-bond donors (Lipinski definition) is 1. The van der Waals surface area contributed by atoms with Crippen LogP contribution in [-0.4, -0.2) is 33.2 Å². The second-order valence-corrected chi connectivity index (χ2v) is 3.03. The molecular weight excluding hydrogens is 196 g/mol. The highest BCUT2D eigenvalue weighted by Gasteiger charge is 2.34. The molecule has 0 spiro atoms. The summed E-state index contributed by atoms with van der Waals surface area (Å²) in [5.41, 5.74) is 1.86. The third-order valence-electron chi connectivity index (χ3n) is 2.14. The van der Waals surface area contributed by atoms with Gasteiger partial charge in [0.05, 0.1) is 5.69 Å². The van der Waals surface area contributed by atoms with Gasteiger partial charge in [-0.2, -0.15) is 0 Å². The normalized spacial score (nSPS) is 16.4.